The fraction of sp³-hybridized carbons (Fsp3) is 0.429. The van der Waals surface area contributed by atoms with Crippen LogP contribution in [0.2, 0.25) is 0 Å². The summed E-state index contributed by atoms with van der Waals surface area (Å²) in [5, 5.41) is 4.33. The predicted octanol–water partition coefficient (Wildman–Crippen LogP) is 1.75. The van der Waals surface area contributed by atoms with Crippen LogP contribution in [0.1, 0.15) is 30.6 Å². The lowest BCUT2D eigenvalue weighted by Crippen LogP contribution is -2.19. The Labute approximate surface area is 118 Å². The second-order valence-electron chi connectivity index (χ2n) is 4.42. The number of hydrogen-bond acceptors (Lipinski definition) is 5. The summed E-state index contributed by atoms with van der Waals surface area (Å²) in [7, 11) is 3.22. The molecule has 6 nitrogen and oxygen atoms in total. The van der Waals surface area contributed by atoms with E-state index in [1.165, 1.54) is 0 Å². The van der Waals surface area contributed by atoms with Crippen LogP contribution >= 0.6 is 0 Å². The second kappa shape index (κ2) is 6.38. The Morgan fingerprint density at radius 2 is 2.00 bits per heavy atom. The van der Waals surface area contributed by atoms with Crippen LogP contribution in [0.25, 0.3) is 0 Å². The lowest BCUT2D eigenvalue weighted by atomic mass is 10.0. The van der Waals surface area contributed by atoms with Gasteiger partial charge >= 0.3 is 0 Å². The third-order valence-corrected chi connectivity index (χ3v) is 3.17. The Balaban J connectivity index is 2.46. The summed E-state index contributed by atoms with van der Waals surface area (Å²) >= 11 is 0. The third-order valence-electron chi connectivity index (χ3n) is 3.17. The number of ether oxygens (including phenoxy) is 2. The molecule has 0 fully saturated rings. The Morgan fingerprint density at radius 1 is 1.25 bits per heavy atom. The zero-order valence-corrected chi connectivity index (χ0v) is 12.0. The molecule has 1 unspecified atom stereocenters. The highest BCUT2D eigenvalue weighted by Crippen LogP contribution is 2.32. The summed E-state index contributed by atoms with van der Waals surface area (Å²) in [4.78, 5) is 4.05. The molecule has 0 amide bonds. The second-order valence-corrected chi connectivity index (χ2v) is 4.42. The fourth-order valence-corrected chi connectivity index (χ4v) is 2.20. The molecule has 6 heteroatoms. The van der Waals surface area contributed by atoms with Crippen LogP contribution < -0.4 is 15.2 Å². The molecule has 2 aromatic rings. The zero-order chi connectivity index (χ0) is 14.5. The topological polar surface area (TPSA) is 75.2 Å². The van der Waals surface area contributed by atoms with E-state index < -0.39 is 0 Å². The van der Waals surface area contributed by atoms with Crippen LogP contribution in [0.3, 0.4) is 0 Å². The monoisotopic (exact) mass is 276 g/mol. The van der Waals surface area contributed by atoms with Crippen LogP contribution in [0, 0.1) is 0 Å². The number of nitrogens with zero attached hydrogens (tertiary/aromatic N) is 3. The number of nitrogens with two attached hydrogens (primary N) is 1. The highest BCUT2D eigenvalue weighted by Gasteiger charge is 2.22. The molecule has 0 aromatic carbocycles. The van der Waals surface area contributed by atoms with Gasteiger partial charge < -0.3 is 15.2 Å². The normalized spacial score (nSPS) is 12.2. The SMILES string of the molecule is CCCn1ncc(OC)c1C(N)c1ccncc1OC. The Morgan fingerprint density at radius 3 is 2.65 bits per heavy atom. The summed E-state index contributed by atoms with van der Waals surface area (Å²) in [6, 6.07) is 1.48. The first-order valence-corrected chi connectivity index (χ1v) is 6.56. The average Bonchev–Trinajstić information content (AvgIpc) is 2.89. The molecular weight excluding hydrogens is 256 g/mol. The fourth-order valence-electron chi connectivity index (χ4n) is 2.20. The van der Waals surface area contributed by atoms with Gasteiger partial charge in [-0.2, -0.15) is 5.10 Å². The summed E-state index contributed by atoms with van der Waals surface area (Å²) in [6.45, 7) is 2.89. The number of rotatable bonds is 6. The lowest BCUT2D eigenvalue weighted by Gasteiger charge is -2.18. The molecule has 1 atom stereocenters. The number of aryl methyl sites for hydroxylation is 1. The maximum absolute atomic E-state index is 6.40. The Hall–Kier alpha value is -2.08. The van der Waals surface area contributed by atoms with E-state index in [0.717, 1.165) is 24.2 Å². The van der Waals surface area contributed by atoms with Gasteiger partial charge in [0.25, 0.3) is 0 Å². The van der Waals surface area contributed by atoms with Gasteiger partial charge in [-0.1, -0.05) is 6.92 Å². The number of methoxy groups -OCH3 is 2. The van der Waals surface area contributed by atoms with Crippen LogP contribution in [0.15, 0.2) is 24.7 Å². The van der Waals surface area contributed by atoms with Gasteiger partial charge in [0.05, 0.1) is 32.7 Å². The van der Waals surface area contributed by atoms with Gasteiger partial charge in [0.15, 0.2) is 5.75 Å². The maximum Gasteiger partial charge on any atom is 0.161 e. The molecule has 0 bridgehead atoms. The van der Waals surface area contributed by atoms with Crippen LogP contribution in [-0.2, 0) is 6.54 Å². The Kier molecular flexibility index (Phi) is 4.57. The highest BCUT2D eigenvalue weighted by atomic mass is 16.5. The molecule has 2 heterocycles. The van der Waals surface area contributed by atoms with E-state index in [-0.39, 0.29) is 6.04 Å². The Bertz CT molecular complexity index is 568. The van der Waals surface area contributed by atoms with Crippen LogP contribution in [0.4, 0.5) is 0 Å². The quantitative estimate of drug-likeness (QED) is 0.870. The zero-order valence-electron chi connectivity index (χ0n) is 12.0. The minimum Gasteiger partial charge on any atom is -0.495 e. The van der Waals surface area contributed by atoms with Gasteiger partial charge in [0.1, 0.15) is 11.4 Å². The van der Waals surface area contributed by atoms with Gasteiger partial charge in [0, 0.05) is 18.3 Å². The van der Waals surface area contributed by atoms with Crippen molar-refractivity contribution in [2.45, 2.75) is 25.9 Å². The van der Waals surface area contributed by atoms with Crippen molar-refractivity contribution in [3.05, 3.63) is 35.9 Å². The first kappa shape index (κ1) is 14.3. The largest absolute Gasteiger partial charge is 0.495 e. The minimum absolute atomic E-state index is 0.378. The molecule has 0 aliphatic heterocycles. The standard InChI is InChI=1S/C14H20N4O2/c1-4-7-18-14(12(20-3)9-17-18)13(15)10-5-6-16-8-11(10)19-2/h5-6,8-9,13H,4,7,15H2,1-3H3. The number of hydrogen-bond donors (Lipinski definition) is 1. The molecule has 2 aromatic heterocycles. The van der Waals surface area contributed by atoms with E-state index in [1.54, 1.807) is 32.8 Å². The molecule has 108 valence electrons. The van der Waals surface area contributed by atoms with E-state index in [1.807, 2.05) is 10.7 Å². The van der Waals surface area contributed by atoms with E-state index in [4.69, 9.17) is 15.2 Å². The molecule has 0 saturated heterocycles. The van der Waals surface area contributed by atoms with E-state index in [0.29, 0.717) is 11.5 Å². The van der Waals surface area contributed by atoms with Crippen LogP contribution in [0.5, 0.6) is 11.5 Å². The molecule has 0 saturated carbocycles. The summed E-state index contributed by atoms with van der Waals surface area (Å²) in [5.74, 6) is 1.34. The highest BCUT2D eigenvalue weighted by molar-refractivity contribution is 5.41. The van der Waals surface area contributed by atoms with Gasteiger partial charge in [-0.05, 0) is 12.5 Å². The lowest BCUT2D eigenvalue weighted by molar-refractivity contribution is 0.395. The maximum atomic E-state index is 6.40. The number of pyridine rings is 1. The molecule has 2 rings (SSSR count). The van der Waals surface area contributed by atoms with Crippen molar-refractivity contribution in [2.24, 2.45) is 5.73 Å². The van der Waals surface area contributed by atoms with Crippen molar-refractivity contribution in [1.82, 2.24) is 14.8 Å². The molecule has 0 spiro atoms. The molecule has 2 N–H and O–H groups in total. The molecule has 0 aliphatic carbocycles. The first-order valence-electron chi connectivity index (χ1n) is 6.56. The summed E-state index contributed by atoms with van der Waals surface area (Å²) in [6.07, 6.45) is 6.02. The van der Waals surface area contributed by atoms with E-state index in [2.05, 4.69) is 17.0 Å². The van der Waals surface area contributed by atoms with Crippen LogP contribution in [-0.4, -0.2) is 29.0 Å². The molecule has 0 radical (unpaired) electrons. The van der Waals surface area contributed by atoms with Gasteiger partial charge in [-0.3, -0.25) is 9.67 Å². The van der Waals surface area contributed by atoms with Crippen molar-refractivity contribution in [2.75, 3.05) is 14.2 Å². The van der Waals surface area contributed by atoms with Crippen molar-refractivity contribution in [1.29, 1.82) is 0 Å². The van der Waals surface area contributed by atoms with E-state index in [9.17, 15) is 0 Å². The number of aromatic nitrogens is 3. The third kappa shape index (κ3) is 2.60. The molecule has 0 aliphatic rings. The van der Waals surface area contributed by atoms with Crippen molar-refractivity contribution < 1.29 is 9.47 Å². The molecular formula is C14H20N4O2. The summed E-state index contributed by atoms with van der Waals surface area (Å²) < 4.78 is 12.6. The van der Waals surface area contributed by atoms with E-state index >= 15 is 0 Å². The summed E-state index contributed by atoms with van der Waals surface area (Å²) in [5.41, 5.74) is 8.10. The smallest absolute Gasteiger partial charge is 0.161 e. The van der Waals surface area contributed by atoms with Crippen molar-refractivity contribution in [3.63, 3.8) is 0 Å². The molecule has 20 heavy (non-hydrogen) atoms. The first-order chi connectivity index (χ1) is 9.72. The van der Waals surface area contributed by atoms with Gasteiger partial charge in [0.2, 0.25) is 0 Å². The van der Waals surface area contributed by atoms with Crippen molar-refractivity contribution in [3.8, 4) is 11.5 Å². The van der Waals surface area contributed by atoms with Crippen molar-refractivity contribution >= 4 is 0 Å². The predicted molar refractivity (Wildman–Crippen MR) is 75.9 cm³/mol. The van der Waals surface area contributed by atoms with Gasteiger partial charge in [-0.15, -0.1) is 0 Å². The van der Waals surface area contributed by atoms with Gasteiger partial charge in [-0.25, -0.2) is 0 Å². The average molecular weight is 276 g/mol. The minimum atomic E-state index is -0.378.